The molecule has 1 heterocycles. The summed E-state index contributed by atoms with van der Waals surface area (Å²) in [5.74, 6) is 0.960. The number of benzene rings is 2. The monoisotopic (exact) mass is 422 g/mol. The van der Waals surface area contributed by atoms with Gasteiger partial charge in [0, 0.05) is 5.70 Å². The van der Waals surface area contributed by atoms with Gasteiger partial charge in [0.25, 0.3) is 0 Å². The van der Waals surface area contributed by atoms with Crippen LogP contribution in [0.25, 0.3) is 0 Å². The maximum Gasteiger partial charge on any atom is 0.337 e. The van der Waals surface area contributed by atoms with Gasteiger partial charge >= 0.3 is 12.0 Å². The Morgan fingerprint density at radius 3 is 2.10 bits per heavy atom. The van der Waals surface area contributed by atoms with Crippen molar-refractivity contribution in [2.75, 3.05) is 7.11 Å². The maximum absolute atomic E-state index is 12.5. The van der Waals surface area contributed by atoms with Gasteiger partial charge in [-0.1, -0.05) is 58.4 Å². The summed E-state index contributed by atoms with van der Waals surface area (Å²) in [5.41, 5.74) is 3.12. The Labute approximate surface area is 183 Å². The first-order chi connectivity index (χ1) is 14.7. The van der Waals surface area contributed by atoms with Crippen molar-refractivity contribution in [3.8, 4) is 11.5 Å². The zero-order chi connectivity index (χ0) is 22.6. The number of hydrogen-bond acceptors (Lipinski definition) is 4. The van der Waals surface area contributed by atoms with Gasteiger partial charge in [0.2, 0.25) is 0 Å². The molecule has 31 heavy (non-hydrogen) atoms. The van der Waals surface area contributed by atoms with E-state index in [0.29, 0.717) is 23.4 Å². The first-order valence-corrected chi connectivity index (χ1v) is 10.5. The van der Waals surface area contributed by atoms with Crippen molar-refractivity contribution in [2.24, 2.45) is 0 Å². The van der Waals surface area contributed by atoms with Crippen LogP contribution in [-0.2, 0) is 14.9 Å². The maximum atomic E-state index is 12.5. The lowest BCUT2D eigenvalue weighted by Crippen LogP contribution is -2.45. The molecule has 0 aromatic heterocycles. The molecule has 3 rings (SSSR count). The molecule has 0 bridgehead atoms. The Bertz CT molecular complexity index is 970. The van der Waals surface area contributed by atoms with Crippen LogP contribution in [0.2, 0.25) is 0 Å². The molecule has 0 spiro atoms. The molecular weight excluding hydrogens is 392 g/mol. The van der Waals surface area contributed by atoms with Crippen LogP contribution in [0.1, 0.15) is 57.7 Å². The summed E-state index contributed by atoms with van der Waals surface area (Å²) in [6.45, 7) is 8.50. The van der Waals surface area contributed by atoms with Crippen molar-refractivity contribution in [2.45, 2.75) is 52.0 Å². The van der Waals surface area contributed by atoms with Crippen LogP contribution in [0.4, 0.5) is 4.79 Å². The molecule has 2 aromatic rings. The Kier molecular flexibility index (Phi) is 6.68. The summed E-state index contributed by atoms with van der Waals surface area (Å²) in [4.78, 5) is 24.6. The highest BCUT2D eigenvalue weighted by atomic mass is 16.5. The van der Waals surface area contributed by atoms with Gasteiger partial charge in [0.15, 0.2) is 0 Å². The molecule has 0 saturated carbocycles. The molecule has 0 saturated heterocycles. The van der Waals surface area contributed by atoms with Gasteiger partial charge in [-0.25, -0.2) is 9.59 Å². The molecule has 1 aliphatic rings. The minimum absolute atomic E-state index is 0.0843. The van der Waals surface area contributed by atoms with Crippen molar-refractivity contribution in [1.29, 1.82) is 0 Å². The first kappa shape index (κ1) is 22.4. The average Bonchev–Trinajstić information content (AvgIpc) is 2.73. The molecule has 1 unspecified atom stereocenters. The summed E-state index contributed by atoms with van der Waals surface area (Å²) < 4.78 is 10.9. The van der Waals surface area contributed by atoms with Crippen LogP contribution >= 0.6 is 0 Å². The Morgan fingerprint density at radius 2 is 1.58 bits per heavy atom. The zero-order valence-corrected chi connectivity index (χ0v) is 18.7. The second-order valence-corrected chi connectivity index (χ2v) is 8.61. The van der Waals surface area contributed by atoms with E-state index in [1.807, 2.05) is 43.3 Å². The van der Waals surface area contributed by atoms with E-state index in [1.54, 1.807) is 0 Å². The van der Waals surface area contributed by atoms with Gasteiger partial charge in [0.05, 0.1) is 18.7 Å². The Balaban J connectivity index is 1.83. The van der Waals surface area contributed by atoms with Crippen LogP contribution in [0.3, 0.4) is 0 Å². The van der Waals surface area contributed by atoms with E-state index in [4.69, 9.17) is 9.47 Å². The first-order valence-electron chi connectivity index (χ1n) is 10.5. The fourth-order valence-corrected chi connectivity index (χ4v) is 3.55. The van der Waals surface area contributed by atoms with Crippen LogP contribution in [-0.4, -0.2) is 19.1 Å². The number of allylic oxidation sites excluding steroid dienone is 1. The third-order valence-corrected chi connectivity index (χ3v) is 5.23. The molecule has 164 valence electrons. The molecule has 2 amide bonds. The number of hydrogen-bond donors (Lipinski definition) is 2. The zero-order valence-electron chi connectivity index (χ0n) is 18.7. The predicted molar refractivity (Wildman–Crippen MR) is 120 cm³/mol. The van der Waals surface area contributed by atoms with Crippen molar-refractivity contribution >= 4 is 12.0 Å². The van der Waals surface area contributed by atoms with E-state index in [2.05, 4.69) is 43.5 Å². The highest BCUT2D eigenvalue weighted by Crippen LogP contribution is 2.32. The highest BCUT2D eigenvalue weighted by molar-refractivity contribution is 5.95. The largest absolute Gasteiger partial charge is 0.466 e. The van der Waals surface area contributed by atoms with E-state index < -0.39 is 12.0 Å². The smallest absolute Gasteiger partial charge is 0.337 e. The summed E-state index contributed by atoms with van der Waals surface area (Å²) in [5, 5.41) is 5.57. The number of amides is 2. The van der Waals surface area contributed by atoms with Gasteiger partial charge in [0.1, 0.15) is 11.5 Å². The molecule has 0 fully saturated rings. The lowest BCUT2D eigenvalue weighted by molar-refractivity contribution is -0.136. The molecule has 0 radical (unpaired) electrons. The van der Waals surface area contributed by atoms with Crippen molar-refractivity contribution in [3.63, 3.8) is 0 Å². The molecular formula is C25H30N2O4. The van der Waals surface area contributed by atoms with Gasteiger partial charge < -0.3 is 20.1 Å². The normalized spacial score (nSPS) is 16.4. The molecule has 1 atom stereocenters. The number of rotatable bonds is 6. The van der Waals surface area contributed by atoms with E-state index in [-0.39, 0.29) is 11.4 Å². The Hall–Kier alpha value is -3.28. The van der Waals surface area contributed by atoms with Crippen molar-refractivity contribution < 1.29 is 19.1 Å². The van der Waals surface area contributed by atoms with E-state index >= 15 is 0 Å². The second-order valence-electron chi connectivity index (χ2n) is 8.61. The van der Waals surface area contributed by atoms with Crippen molar-refractivity contribution in [1.82, 2.24) is 10.6 Å². The molecule has 6 nitrogen and oxygen atoms in total. The molecule has 2 N–H and O–H groups in total. The van der Waals surface area contributed by atoms with Gasteiger partial charge in [-0.05, 0) is 47.2 Å². The van der Waals surface area contributed by atoms with Gasteiger partial charge in [-0.2, -0.15) is 0 Å². The van der Waals surface area contributed by atoms with Crippen LogP contribution < -0.4 is 15.4 Å². The summed E-state index contributed by atoms with van der Waals surface area (Å²) >= 11 is 0. The van der Waals surface area contributed by atoms with E-state index in [1.165, 1.54) is 12.7 Å². The fourth-order valence-electron chi connectivity index (χ4n) is 3.55. The summed E-state index contributed by atoms with van der Waals surface area (Å²) in [7, 11) is 1.34. The number of methoxy groups -OCH3 is 1. The fraction of sp³-hybridized carbons (Fsp3) is 0.360. The molecule has 0 aliphatic carbocycles. The number of nitrogens with one attached hydrogen (secondary N) is 2. The average molecular weight is 423 g/mol. The van der Waals surface area contributed by atoms with E-state index in [0.717, 1.165) is 17.7 Å². The summed E-state index contributed by atoms with van der Waals surface area (Å²) in [6.07, 6.45) is 1.38. The Morgan fingerprint density at radius 1 is 1.00 bits per heavy atom. The minimum Gasteiger partial charge on any atom is -0.466 e. The van der Waals surface area contributed by atoms with E-state index in [9.17, 15) is 9.59 Å². The number of ether oxygens (including phenoxy) is 2. The second kappa shape index (κ2) is 9.25. The highest BCUT2D eigenvalue weighted by Gasteiger charge is 2.33. The van der Waals surface area contributed by atoms with Crippen LogP contribution in [0, 0.1) is 0 Å². The van der Waals surface area contributed by atoms with Crippen molar-refractivity contribution in [3.05, 3.63) is 70.9 Å². The van der Waals surface area contributed by atoms with Crippen LogP contribution in [0.15, 0.2) is 59.8 Å². The summed E-state index contributed by atoms with van der Waals surface area (Å²) in [6, 6.07) is 14.5. The number of urea groups is 1. The van der Waals surface area contributed by atoms with Gasteiger partial charge in [-0.15, -0.1) is 0 Å². The third-order valence-electron chi connectivity index (χ3n) is 5.23. The predicted octanol–water partition coefficient (Wildman–Crippen LogP) is 5.36. The number of carbonyl (C=O) groups excluding carboxylic acids is 2. The molecule has 1 aliphatic heterocycles. The third kappa shape index (κ3) is 5.26. The molecule has 6 heteroatoms. The standard InChI is InChI=1S/C25H30N2O4/c1-6-7-20-21(23(28)30-5)22(27-24(29)26-20)16-8-12-18(13-9-16)31-19-14-10-17(11-15-19)25(2,3)4/h8-15,22H,6-7H2,1-5H3,(H2,26,27,29). The number of esters is 1. The van der Waals surface area contributed by atoms with Crippen LogP contribution in [0.5, 0.6) is 11.5 Å². The number of carbonyl (C=O) groups is 2. The SMILES string of the molecule is CCCC1=C(C(=O)OC)C(c2ccc(Oc3ccc(C(C)(C)C)cc3)cc2)NC(=O)N1. The minimum atomic E-state index is -0.581. The lowest BCUT2D eigenvalue weighted by atomic mass is 9.87. The molecule has 2 aromatic carbocycles. The lowest BCUT2D eigenvalue weighted by Gasteiger charge is -2.29. The van der Waals surface area contributed by atoms with Gasteiger partial charge in [-0.3, -0.25) is 0 Å². The quantitative estimate of drug-likeness (QED) is 0.615. The topological polar surface area (TPSA) is 76.7 Å².